The average Bonchev–Trinajstić information content (AvgIpc) is 2.51. The van der Waals surface area contributed by atoms with Gasteiger partial charge in [0.1, 0.15) is 0 Å². The Bertz CT molecular complexity index is 619. The van der Waals surface area contributed by atoms with Gasteiger partial charge in [0, 0.05) is 19.6 Å². The van der Waals surface area contributed by atoms with Gasteiger partial charge >= 0.3 is 0 Å². The van der Waals surface area contributed by atoms with Crippen molar-refractivity contribution in [2.45, 2.75) is 6.04 Å². The molecule has 0 saturated carbocycles. The summed E-state index contributed by atoms with van der Waals surface area (Å²) in [6.45, 7) is 2.36. The molecule has 0 radical (unpaired) electrons. The molecule has 5 nitrogen and oxygen atoms in total. The molecule has 2 N–H and O–H groups in total. The van der Waals surface area contributed by atoms with Gasteiger partial charge in [-0.15, -0.1) is 0 Å². The summed E-state index contributed by atoms with van der Waals surface area (Å²) in [5, 5.41) is 0. The molecule has 1 saturated heterocycles. The Morgan fingerprint density at radius 2 is 2.00 bits per heavy atom. The van der Waals surface area contributed by atoms with Crippen molar-refractivity contribution in [1.29, 1.82) is 0 Å². The van der Waals surface area contributed by atoms with E-state index in [9.17, 15) is 4.39 Å². The molecular formula is C15H18FN5. The highest BCUT2D eigenvalue weighted by Gasteiger charge is 2.29. The third-order valence-corrected chi connectivity index (χ3v) is 3.78. The maximum atomic E-state index is 14.1. The van der Waals surface area contributed by atoms with Crippen LogP contribution in [0.3, 0.4) is 0 Å². The molecule has 1 unspecified atom stereocenters. The van der Waals surface area contributed by atoms with E-state index in [1.165, 1.54) is 0 Å². The van der Waals surface area contributed by atoms with Crippen molar-refractivity contribution in [3.05, 3.63) is 47.9 Å². The number of aromatic nitrogens is 2. The van der Waals surface area contributed by atoms with Crippen LogP contribution in [0.1, 0.15) is 11.6 Å². The molecule has 0 aliphatic carbocycles. The fourth-order valence-electron chi connectivity index (χ4n) is 2.71. The lowest BCUT2D eigenvalue weighted by Gasteiger charge is -2.41. The number of nitrogens with zero attached hydrogens (tertiary/aromatic N) is 4. The molecule has 1 aromatic carbocycles. The van der Waals surface area contributed by atoms with Crippen LogP contribution in [0.15, 0.2) is 36.5 Å². The number of likely N-dealkylation sites (N-methyl/N-ethyl adjacent to an activating group) is 1. The van der Waals surface area contributed by atoms with E-state index in [2.05, 4.69) is 34.0 Å². The van der Waals surface area contributed by atoms with Crippen molar-refractivity contribution in [3.8, 4) is 0 Å². The van der Waals surface area contributed by atoms with Gasteiger partial charge in [-0.05, 0) is 12.6 Å². The van der Waals surface area contributed by atoms with Crippen molar-refractivity contribution < 1.29 is 4.39 Å². The van der Waals surface area contributed by atoms with Crippen LogP contribution < -0.4 is 10.6 Å². The van der Waals surface area contributed by atoms with Gasteiger partial charge in [-0.3, -0.25) is 0 Å². The minimum atomic E-state index is -0.435. The summed E-state index contributed by atoms with van der Waals surface area (Å²) < 4.78 is 14.1. The second-order valence-corrected chi connectivity index (χ2v) is 5.28. The largest absolute Gasteiger partial charge is 0.368 e. The standard InChI is InChI=1S/C15H18FN5/c1-20-7-8-21(14-12(16)9-18-15(17)19-14)13(10-20)11-5-3-2-4-6-11/h2-6,9,13H,7-8,10H2,1H3,(H2,17,18,19). The monoisotopic (exact) mass is 287 g/mol. The van der Waals surface area contributed by atoms with E-state index >= 15 is 0 Å². The van der Waals surface area contributed by atoms with Crippen LogP contribution >= 0.6 is 0 Å². The number of hydrogen-bond donors (Lipinski definition) is 1. The minimum absolute atomic E-state index is 0.0498. The third kappa shape index (κ3) is 2.80. The Morgan fingerprint density at radius 3 is 2.76 bits per heavy atom. The molecule has 1 aromatic heterocycles. The summed E-state index contributed by atoms with van der Waals surface area (Å²) in [6.07, 6.45) is 1.14. The zero-order valence-electron chi connectivity index (χ0n) is 11.9. The predicted octanol–water partition coefficient (Wildman–Crippen LogP) is 1.69. The second kappa shape index (κ2) is 5.65. The summed E-state index contributed by atoms with van der Waals surface area (Å²) in [5.74, 6) is -0.0590. The highest BCUT2D eigenvalue weighted by molar-refractivity contribution is 5.46. The Morgan fingerprint density at radius 1 is 1.24 bits per heavy atom. The van der Waals surface area contributed by atoms with Crippen molar-refractivity contribution in [2.75, 3.05) is 37.3 Å². The Labute approximate surface area is 123 Å². The van der Waals surface area contributed by atoms with Crippen molar-refractivity contribution >= 4 is 11.8 Å². The van der Waals surface area contributed by atoms with Gasteiger partial charge in [0.15, 0.2) is 11.6 Å². The fourth-order valence-corrected chi connectivity index (χ4v) is 2.71. The van der Waals surface area contributed by atoms with Crippen molar-refractivity contribution in [3.63, 3.8) is 0 Å². The topological polar surface area (TPSA) is 58.3 Å². The molecular weight excluding hydrogens is 269 g/mol. The molecule has 2 aromatic rings. The first-order chi connectivity index (χ1) is 10.1. The van der Waals surface area contributed by atoms with E-state index < -0.39 is 5.82 Å². The van der Waals surface area contributed by atoms with Gasteiger partial charge in [0.25, 0.3) is 0 Å². The maximum Gasteiger partial charge on any atom is 0.222 e. The summed E-state index contributed by atoms with van der Waals surface area (Å²) in [5.41, 5.74) is 6.76. The average molecular weight is 287 g/mol. The summed E-state index contributed by atoms with van der Waals surface area (Å²) >= 11 is 0. The first-order valence-electron chi connectivity index (χ1n) is 6.93. The minimum Gasteiger partial charge on any atom is -0.368 e. The molecule has 1 aliphatic heterocycles. The van der Waals surface area contributed by atoms with Gasteiger partial charge in [-0.1, -0.05) is 30.3 Å². The molecule has 0 bridgehead atoms. The van der Waals surface area contributed by atoms with Crippen LogP contribution in [0.5, 0.6) is 0 Å². The smallest absolute Gasteiger partial charge is 0.222 e. The number of halogens is 1. The van der Waals surface area contributed by atoms with Crippen molar-refractivity contribution in [2.24, 2.45) is 0 Å². The summed E-state index contributed by atoms with van der Waals surface area (Å²) in [4.78, 5) is 12.0. The molecule has 6 heteroatoms. The van der Waals surface area contributed by atoms with Crippen LogP contribution in [0.25, 0.3) is 0 Å². The van der Waals surface area contributed by atoms with Crippen molar-refractivity contribution in [1.82, 2.24) is 14.9 Å². The van der Waals surface area contributed by atoms with Gasteiger partial charge in [0.05, 0.1) is 12.2 Å². The van der Waals surface area contributed by atoms with Crippen LogP contribution in [0.4, 0.5) is 16.2 Å². The lowest BCUT2D eigenvalue weighted by Crippen LogP contribution is -2.47. The molecule has 1 atom stereocenters. The van der Waals surface area contributed by atoms with E-state index in [1.807, 2.05) is 23.1 Å². The maximum absolute atomic E-state index is 14.1. The number of benzene rings is 1. The number of nitrogen functional groups attached to an aromatic ring is 1. The molecule has 1 fully saturated rings. The molecule has 110 valence electrons. The van der Waals surface area contributed by atoms with Gasteiger partial charge in [-0.25, -0.2) is 9.37 Å². The SMILES string of the molecule is CN1CCN(c2nc(N)ncc2F)C(c2ccccc2)C1. The van der Waals surface area contributed by atoms with E-state index in [0.717, 1.165) is 24.8 Å². The summed E-state index contributed by atoms with van der Waals surface area (Å²) in [7, 11) is 2.07. The van der Waals surface area contributed by atoms with Gasteiger partial charge < -0.3 is 15.5 Å². The quantitative estimate of drug-likeness (QED) is 0.911. The Hall–Kier alpha value is -2.21. The fraction of sp³-hybridized carbons (Fsp3) is 0.333. The third-order valence-electron chi connectivity index (χ3n) is 3.78. The Balaban J connectivity index is 2.00. The lowest BCUT2D eigenvalue weighted by molar-refractivity contribution is 0.266. The van der Waals surface area contributed by atoms with Crippen LogP contribution in [0, 0.1) is 5.82 Å². The van der Waals surface area contributed by atoms with Crippen LogP contribution in [-0.4, -0.2) is 41.5 Å². The van der Waals surface area contributed by atoms with Gasteiger partial charge in [-0.2, -0.15) is 4.98 Å². The van der Waals surface area contributed by atoms with E-state index in [1.54, 1.807) is 0 Å². The number of hydrogen-bond acceptors (Lipinski definition) is 5. The van der Waals surface area contributed by atoms with Gasteiger partial charge in [0.2, 0.25) is 5.95 Å². The number of nitrogens with two attached hydrogens (primary N) is 1. The molecule has 1 aliphatic rings. The van der Waals surface area contributed by atoms with E-state index in [4.69, 9.17) is 5.73 Å². The first kappa shape index (κ1) is 13.8. The zero-order valence-corrected chi connectivity index (χ0v) is 11.9. The first-order valence-corrected chi connectivity index (χ1v) is 6.93. The molecule has 2 heterocycles. The van der Waals surface area contributed by atoms with Crippen LogP contribution in [0.2, 0.25) is 0 Å². The Kier molecular flexibility index (Phi) is 3.70. The second-order valence-electron chi connectivity index (χ2n) is 5.28. The number of piperazine rings is 1. The normalized spacial score (nSPS) is 19.7. The number of rotatable bonds is 2. The van der Waals surface area contributed by atoms with E-state index in [-0.39, 0.29) is 17.8 Å². The predicted molar refractivity (Wildman–Crippen MR) is 80.4 cm³/mol. The molecule has 21 heavy (non-hydrogen) atoms. The zero-order chi connectivity index (χ0) is 14.8. The summed E-state index contributed by atoms with van der Waals surface area (Å²) in [6, 6.07) is 10.1. The molecule has 0 spiro atoms. The van der Waals surface area contributed by atoms with E-state index in [0.29, 0.717) is 6.54 Å². The van der Waals surface area contributed by atoms with Crippen LogP contribution in [-0.2, 0) is 0 Å². The highest BCUT2D eigenvalue weighted by Crippen LogP contribution is 2.30. The number of anilines is 2. The molecule has 3 rings (SSSR count). The lowest BCUT2D eigenvalue weighted by atomic mass is 10.0. The molecule has 0 amide bonds. The highest BCUT2D eigenvalue weighted by atomic mass is 19.1.